The van der Waals surface area contributed by atoms with Crippen LogP contribution in [0, 0.1) is 18.8 Å². The van der Waals surface area contributed by atoms with Gasteiger partial charge in [0, 0.05) is 13.1 Å². The van der Waals surface area contributed by atoms with Crippen molar-refractivity contribution in [3.05, 3.63) is 21.4 Å². The molecule has 0 aliphatic rings. The second kappa shape index (κ2) is 5.85. The van der Waals surface area contributed by atoms with Gasteiger partial charge in [-0.1, -0.05) is 11.8 Å². The smallest absolute Gasteiger partial charge is 0.263 e. The summed E-state index contributed by atoms with van der Waals surface area (Å²) in [6, 6.07) is 2.03. The molecule has 0 saturated heterocycles. The van der Waals surface area contributed by atoms with Crippen LogP contribution in [0.1, 0.15) is 34.0 Å². The van der Waals surface area contributed by atoms with E-state index in [1.54, 1.807) is 11.9 Å². The minimum atomic E-state index is -0.160. The van der Waals surface area contributed by atoms with E-state index in [9.17, 15) is 4.79 Å². The Bertz CT molecular complexity index is 465. The second-order valence-electron chi connectivity index (χ2n) is 4.09. The maximum atomic E-state index is 12.1. The van der Waals surface area contributed by atoms with Gasteiger partial charge in [0.25, 0.3) is 5.91 Å². The Morgan fingerprint density at radius 3 is 2.76 bits per heavy atom. The number of hydrogen-bond donors (Lipinski definition) is 1. The first-order valence-corrected chi connectivity index (χ1v) is 6.26. The Hall–Kier alpha value is -1.31. The van der Waals surface area contributed by atoms with Crippen molar-refractivity contribution in [1.82, 2.24) is 4.90 Å². The van der Waals surface area contributed by atoms with Gasteiger partial charge in [-0.05, 0) is 32.4 Å². The first-order valence-electron chi connectivity index (χ1n) is 5.44. The first-order chi connectivity index (χ1) is 7.97. The van der Waals surface area contributed by atoms with Gasteiger partial charge in [-0.25, -0.2) is 0 Å². The molecule has 0 bridgehead atoms. The molecule has 0 aliphatic heterocycles. The van der Waals surface area contributed by atoms with Crippen LogP contribution in [0.5, 0.6) is 0 Å². The van der Waals surface area contributed by atoms with Crippen molar-refractivity contribution in [1.29, 1.82) is 0 Å². The average Bonchev–Trinajstić information content (AvgIpc) is 2.66. The standard InChI is InChI=1S/C13H17NO2S/c1-9(2)14(4)13(16)12-8-10(3)11(17-12)6-5-7-15/h8-9,15H,7H2,1-4H3. The average molecular weight is 251 g/mol. The maximum absolute atomic E-state index is 12.1. The third-order valence-corrected chi connectivity index (χ3v) is 3.65. The third-order valence-electron chi connectivity index (χ3n) is 2.50. The molecule has 0 spiro atoms. The van der Waals surface area contributed by atoms with E-state index in [1.807, 2.05) is 26.8 Å². The van der Waals surface area contributed by atoms with Gasteiger partial charge in [-0.15, -0.1) is 11.3 Å². The summed E-state index contributed by atoms with van der Waals surface area (Å²) >= 11 is 1.38. The van der Waals surface area contributed by atoms with Crippen molar-refractivity contribution in [2.45, 2.75) is 26.8 Å². The van der Waals surface area contributed by atoms with Gasteiger partial charge in [0.05, 0.1) is 9.75 Å². The van der Waals surface area contributed by atoms with Crippen LogP contribution in [0.2, 0.25) is 0 Å². The van der Waals surface area contributed by atoms with Gasteiger partial charge < -0.3 is 10.0 Å². The fourth-order valence-electron chi connectivity index (χ4n) is 1.24. The molecule has 0 fully saturated rings. The van der Waals surface area contributed by atoms with E-state index in [2.05, 4.69) is 11.8 Å². The van der Waals surface area contributed by atoms with Crippen LogP contribution in [0.3, 0.4) is 0 Å². The summed E-state index contributed by atoms with van der Waals surface area (Å²) in [7, 11) is 1.79. The summed E-state index contributed by atoms with van der Waals surface area (Å²) in [5.41, 5.74) is 0.983. The SMILES string of the molecule is Cc1cc(C(=O)N(C)C(C)C)sc1C#CCO. The lowest BCUT2D eigenvalue weighted by molar-refractivity contribution is 0.0760. The van der Waals surface area contributed by atoms with Gasteiger partial charge in [0.2, 0.25) is 0 Å². The van der Waals surface area contributed by atoms with Gasteiger partial charge >= 0.3 is 0 Å². The van der Waals surface area contributed by atoms with Crippen molar-refractivity contribution in [3.8, 4) is 11.8 Å². The molecule has 0 aromatic carbocycles. The number of nitrogens with zero attached hydrogens (tertiary/aromatic N) is 1. The molecule has 17 heavy (non-hydrogen) atoms. The van der Waals surface area contributed by atoms with Gasteiger partial charge in [0.1, 0.15) is 6.61 Å². The first kappa shape index (κ1) is 13.8. The van der Waals surface area contributed by atoms with Crippen LogP contribution in [-0.4, -0.2) is 35.6 Å². The summed E-state index contributed by atoms with van der Waals surface area (Å²) in [4.78, 5) is 15.3. The number of amides is 1. The summed E-state index contributed by atoms with van der Waals surface area (Å²) in [6.45, 7) is 5.71. The summed E-state index contributed by atoms with van der Waals surface area (Å²) in [5.74, 6) is 5.47. The number of carbonyl (C=O) groups is 1. The number of rotatable bonds is 2. The lowest BCUT2D eigenvalue weighted by atomic mass is 10.2. The van der Waals surface area contributed by atoms with E-state index < -0.39 is 0 Å². The lowest BCUT2D eigenvalue weighted by Gasteiger charge is -2.20. The number of aliphatic hydroxyl groups excluding tert-OH is 1. The minimum absolute atomic E-state index is 0.0187. The number of aryl methyl sites for hydroxylation is 1. The van der Waals surface area contributed by atoms with Crippen LogP contribution >= 0.6 is 11.3 Å². The van der Waals surface area contributed by atoms with E-state index >= 15 is 0 Å². The normalized spacial score (nSPS) is 10.0. The van der Waals surface area contributed by atoms with Crippen LogP contribution < -0.4 is 0 Å². The molecule has 1 heterocycles. The summed E-state index contributed by atoms with van der Waals surface area (Å²) in [5, 5.41) is 8.65. The Kier molecular flexibility index (Phi) is 4.73. The maximum Gasteiger partial charge on any atom is 0.263 e. The van der Waals surface area contributed by atoms with Crippen molar-refractivity contribution in [2.75, 3.05) is 13.7 Å². The quantitative estimate of drug-likeness (QED) is 0.815. The van der Waals surface area contributed by atoms with E-state index in [1.165, 1.54) is 11.3 Å². The topological polar surface area (TPSA) is 40.5 Å². The Morgan fingerprint density at radius 2 is 2.24 bits per heavy atom. The van der Waals surface area contributed by atoms with Crippen LogP contribution in [-0.2, 0) is 0 Å². The predicted octanol–water partition coefficient (Wildman–Crippen LogP) is 1.88. The molecule has 1 aromatic heterocycles. The van der Waals surface area contributed by atoms with Crippen molar-refractivity contribution in [3.63, 3.8) is 0 Å². The molecule has 0 radical (unpaired) electrons. The monoisotopic (exact) mass is 251 g/mol. The Labute approximate surface area is 106 Å². The van der Waals surface area contributed by atoms with Gasteiger partial charge in [-0.2, -0.15) is 0 Å². The third kappa shape index (κ3) is 3.32. The molecule has 3 nitrogen and oxygen atoms in total. The van der Waals surface area contributed by atoms with E-state index in [0.29, 0.717) is 4.88 Å². The minimum Gasteiger partial charge on any atom is -0.384 e. The zero-order chi connectivity index (χ0) is 13.0. The Balaban J connectivity index is 2.97. The molecule has 0 saturated carbocycles. The molecule has 0 atom stereocenters. The van der Waals surface area contributed by atoms with Gasteiger partial charge in [-0.3, -0.25) is 4.79 Å². The van der Waals surface area contributed by atoms with Gasteiger partial charge in [0.15, 0.2) is 0 Å². The number of carbonyl (C=O) groups excluding carboxylic acids is 1. The van der Waals surface area contributed by atoms with Crippen LogP contribution in [0.15, 0.2) is 6.07 Å². The number of thiophene rings is 1. The van der Waals surface area contributed by atoms with Crippen molar-refractivity contribution < 1.29 is 9.90 Å². The molecule has 1 aromatic rings. The zero-order valence-corrected chi connectivity index (χ0v) is 11.4. The summed E-state index contributed by atoms with van der Waals surface area (Å²) < 4.78 is 0. The molecule has 0 aliphatic carbocycles. The number of aliphatic hydroxyl groups is 1. The predicted molar refractivity (Wildman–Crippen MR) is 70.2 cm³/mol. The molecule has 1 rings (SSSR count). The van der Waals surface area contributed by atoms with Crippen LogP contribution in [0.4, 0.5) is 0 Å². The van der Waals surface area contributed by atoms with E-state index in [-0.39, 0.29) is 18.6 Å². The van der Waals surface area contributed by atoms with Crippen molar-refractivity contribution >= 4 is 17.2 Å². The fraction of sp³-hybridized carbons (Fsp3) is 0.462. The van der Waals surface area contributed by atoms with Crippen molar-refractivity contribution in [2.24, 2.45) is 0 Å². The van der Waals surface area contributed by atoms with E-state index in [4.69, 9.17) is 5.11 Å². The number of hydrogen-bond acceptors (Lipinski definition) is 3. The molecule has 1 N–H and O–H groups in total. The largest absolute Gasteiger partial charge is 0.384 e. The highest BCUT2D eigenvalue weighted by Gasteiger charge is 2.17. The molecular formula is C13H17NO2S. The molecule has 92 valence electrons. The fourth-order valence-corrected chi connectivity index (χ4v) is 2.27. The van der Waals surface area contributed by atoms with E-state index in [0.717, 1.165) is 10.4 Å². The zero-order valence-electron chi connectivity index (χ0n) is 10.6. The highest BCUT2D eigenvalue weighted by atomic mass is 32.1. The highest BCUT2D eigenvalue weighted by molar-refractivity contribution is 7.14. The second-order valence-corrected chi connectivity index (χ2v) is 5.14. The summed E-state index contributed by atoms with van der Waals surface area (Å²) in [6.07, 6.45) is 0. The molecular weight excluding hydrogens is 234 g/mol. The lowest BCUT2D eigenvalue weighted by Crippen LogP contribution is -2.32. The molecule has 4 heteroatoms. The van der Waals surface area contributed by atoms with Crippen LogP contribution in [0.25, 0.3) is 0 Å². The molecule has 0 unspecified atom stereocenters. The highest BCUT2D eigenvalue weighted by Crippen LogP contribution is 2.22. The molecule has 1 amide bonds. The Morgan fingerprint density at radius 1 is 1.59 bits per heavy atom.